The van der Waals surface area contributed by atoms with Gasteiger partial charge < -0.3 is 5.11 Å². The monoisotopic (exact) mass is 286 g/mol. The first-order chi connectivity index (χ1) is 10.1. The molecule has 3 rings (SSSR count). The maximum atomic E-state index is 13.9. The summed E-state index contributed by atoms with van der Waals surface area (Å²) in [5.41, 5.74) is 1.11. The van der Waals surface area contributed by atoms with Crippen LogP contribution < -0.4 is 0 Å². The van der Waals surface area contributed by atoms with Crippen molar-refractivity contribution in [2.75, 3.05) is 13.1 Å². The Morgan fingerprint density at radius 1 is 1.43 bits per heavy atom. The number of aromatic amines is 1. The van der Waals surface area contributed by atoms with Crippen LogP contribution in [0.25, 0.3) is 11.3 Å². The molecule has 1 fully saturated rings. The molecule has 0 radical (unpaired) electrons. The van der Waals surface area contributed by atoms with E-state index in [1.54, 1.807) is 24.4 Å². The van der Waals surface area contributed by atoms with Crippen molar-refractivity contribution in [2.24, 2.45) is 0 Å². The maximum Gasteiger partial charge on any atom is 0.132 e. The molecule has 21 heavy (non-hydrogen) atoms. The summed E-state index contributed by atoms with van der Waals surface area (Å²) in [5.74, 6) is -0.299. The fourth-order valence-corrected chi connectivity index (χ4v) is 2.73. The van der Waals surface area contributed by atoms with Crippen LogP contribution in [0.5, 0.6) is 0 Å². The topological polar surface area (TPSA) is 75.9 Å². The zero-order valence-corrected chi connectivity index (χ0v) is 11.4. The predicted molar refractivity (Wildman–Crippen MR) is 74.4 cm³/mol. The molecule has 0 atom stereocenters. The number of nitrogens with one attached hydrogen (secondary N) is 1. The van der Waals surface area contributed by atoms with Gasteiger partial charge in [-0.25, -0.2) is 4.39 Å². The molecule has 2 aromatic rings. The first-order valence-corrected chi connectivity index (χ1v) is 6.70. The van der Waals surface area contributed by atoms with Crippen LogP contribution in [-0.4, -0.2) is 38.9 Å². The summed E-state index contributed by atoms with van der Waals surface area (Å²) in [6.45, 7) is 1.46. The average molecular weight is 286 g/mol. The molecule has 1 aromatic heterocycles. The summed E-state index contributed by atoms with van der Waals surface area (Å²) in [7, 11) is 0. The third-order valence-electron chi connectivity index (χ3n) is 3.70. The van der Waals surface area contributed by atoms with E-state index in [4.69, 9.17) is 5.26 Å². The van der Waals surface area contributed by atoms with E-state index < -0.39 is 5.60 Å². The number of likely N-dealkylation sites (tertiary alicyclic amines) is 1. The zero-order chi connectivity index (χ0) is 14.9. The molecule has 1 aliphatic heterocycles. The van der Waals surface area contributed by atoms with Gasteiger partial charge in [0.05, 0.1) is 24.4 Å². The third kappa shape index (κ3) is 2.66. The number of hydrogen-bond donors (Lipinski definition) is 2. The SMILES string of the molecule is N#CCC1(O)CN(Cc2cn[nH]c2-c2ccccc2F)C1. The van der Waals surface area contributed by atoms with E-state index in [-0.39, 0.29) is 12.2 Å². The summed E-state index contributed by atoms with van der Waals surface area (Å²) in [6.07, 6.45) is 1.80. The standard InChI is InChI=1S/C15H15FN4O/c16-13-4-2-1-3-12(13)14-11(7-18-19-14)8-20-9-15(21,10-20)5-6-17/h1-4,7,21H,5,8-10H2,(H,18,19). The molecule has 5 nitrogen and oxygen atoms in total. The lowest BCUT2D eigenvalue weighted by molar-refractivity contribution is -0.0974. The lowest BCUT2D eigenvalue weighted by Gasteiger charge is -2.45. The number of hydrogen-bond acceptors (Lipinski definition) is 4. The molecule has 1 saturated heterocycles. The molecule has 0 spiro atoms. The Labute approximate surface area is 121 Å². The van der Waals surface area contributed by atoms with Gasteiger partial charge in [0.25, 0.3) is 0 Å². The Morgan fingerprint density at radius 3 is 2.90 bits per heavy atom. The first-order valence-electron chi connectivity index (χ1n) is 6.70. The minimum atomic E-state index is -0.906. The van der Waals surface area contributed by atoms with Crippen LogP contribution in [0, 0.1) is 17.1 Å². The van der Waals surface area contributed by atoms with Crippen molar-refractivity contribution >= 4 is 0 Å². The smallest absolute Gasteiger partial charge is 0.132 e. The van der Waals surface area contributed by atoms with Crippen LogP contribution in [0.2, 0.25) is 0 Å². The zero-order valence-electron chi connectivity index (χ0n) is 11.4. The number of nitrogens with zero attached hydrogens (tertiary/aromatic N) is 3. The Morgan fingerprint density at radius 2 is 2.19 bits per heavy atom. The molecule has 0 unspecified atom stereocenters. The van der Waals surface area contributed by atoms with E-state index in [1.165, 1.54) is 6.07 Å². The number of H-pyrrole nitrogens is 1. The highest BCUT2D eigenvalue weighted by atomic mass is 19.1. The van der Waals surface area contributed by atoms with Gasteiger partial charge in [-0.1, -0.05) is 12.1 Å². The second-order valence-corrected chi connectivity index (χ2v) is 5.45. The largest absolute Gasteiger partial charge is 0.386 e. The van der Waals surface area contributed by atoms with E-state index >= 15 is 0 Å². The van der Waals surface area contributed by atoms with Crippen molar-refractivity contribution < 1.29 is 9.50 Å². The van der Waals surface area contributed by atoms with Crippen LogP contribution >= 0.6 is 0 Å². The molecule has 2 heterocycles. The molecule has 1 aliphatic rings. The number of rotatable bonds is 4. The second kappa shape index (κ2) is 5.28. The third-order valence-corrected chi connectivity index (χ3v) is 3.70. The number of benzene rings is 1. The van der Waals surface area contributed by atoms with Crippen molar-refractivity contribution in [3.8, 4) is 17.3 Å². The minimum Gasteiger partial charge on any atom is -0.386 e. The number of aliphatic hydroxyl groups is 1. The summed E-state index contributed by atoms with van der Waals surface area (Å²) in [6, 6.07) is 8.53. The molecule has 6 heteroatoms. The van der Waals surface area contributed by atoms with Gasteiger partial charge in [0.2, 0.25) is 0 Å². The summed E-state index contributed by atoms with van der Waals surface area (Å²) < 4.78 is 13.9. The van der Waals surface area contributed by atoms with E-state index in [2.05, 4.69) is 10.2 Å². The van der Waals surface area contributed by atoms with E-state index in [0.29, 0.717) is 30.9 Å². The van der Waals surface area contributed by atoms with Crippen LogP contribution in [0.15, 0.2) is 30.5 Å². The van der Waals surface area contributed by atoms with Crippen molar-refractivity contribution in [1.29, 1.82) is 5.26 Å². The molecular weight excluding hydrogens is 271 g/mol. The summed E-state index contributed by atoms with van der Waals surface area (Å²) in [5, 5.41) is 25.5. The van der Waals surface area contributed by atoms with Gasteiger partial charge in [0, 0.05) is 30.8 Å². The van der Waals surface area contributed by atoms with Crippen molar-refractivity contribution in [3.63, 3.8) is 0 Å². The van der Waals surface area contributed by atoms with Gasteiger partial charge in [-0.3, -0.25) is 10.00 Å². The Balaban J connectivity index is 1.74. The molecule has 2 N–H and O–H groups in total. The Hall–Kier alpha value is -2.23. The summed E-state index contributed by atoms with van der Waals surface area (Å²) in [4.78, 5) is 2.01. The number of nitriles is 1. The highest BCUT2D eigenvalue weighted by Gasteiger charge is 2.41. The Bertz CT molecular complexity index is 685. The predicted octanol–water partition coefficient (Wildman–Crippen LogP) is 1.68. The Kier molecular flexibility index (Phi) is 3.45. The van der Waals surface area contributed by atoms with Crippen LogP contribution in [-0.2, 0) is 6.54 Å². The van der Waals surface area contributed by atoms with Gasteiger partial charge in [-0.15, -0.1) is 0 Å². The average Bonchev–Trinajstić information content (AvgIpc) is 2.86. The molecule has 1 aromatic carbocycles. The fourth-order valence-electron chi connectivity index (χ4n) is 2.73. The van der Waals surface area contributed by atoms with E-state index in [0.717, 1.165) is 5.56 Å². The first kappa shape index (κ1) is 13.7. The van der Waals surface area contributed by atoms with Crippen molar-refractivity contribution in [3.05, 3.63) is 41.8 Å². The quantitative estimate of drug-likeness (QED) is 0.896. The summed E-state index contributed by atoms with van der Waals surface area (Å²) >= 11 is 0. The van der Waals surface area contributed by atoms with Gasteiger partial charge >= 0.3 is 0 Å². The normalized spacial score (nSPS) is 17.2. The fraction of sp³-hybridized carbons (Fsp3) is 0.333. The van der Waals surface area contributed by atoms with Crippen molar-refractivity contribution in [1.82, 2.24) is 15.1 Å². The molecule has 0 bridgehead atoms. The van der Waals surface area contributed by atoms with Crippen LogP contribution in [0.4, 0.5) is 4.39 Å². The molecular formula is C15H15FN4O. The van der Waals surface area contributed by atoms with E-state index in [9.17, 15) is 9.50 Å². The van der Waals surface area contributed by atoms with E-state index in [1.807, 2.05) is 11.0 Å². The van der Waals surface area contributed by atoms with Gasteiger partial charge in [-0.05, 0) is 12.1 Å². The molecule has 108 valence electrons. The lowest BCUT2D eigenvalue weighted by Crippen LogP contribution is -2.60. The maximum absolute atomic E-state index is 13.9. The lowest BCUT2D eigenvalue weighted by atomic mass is 9.90. The van der Waals surface area contributed by atoms with Gasteiger partial charge in [0.1, 0.15) is 11.4 Å². The highest BCUT2D eigenvalue weighted by molar-refractivity contribution is 5.63. The second-order valence-electron chi connectivity index (χ2n) is 5.45. The van der Waals surface area contributed by atoms with Gasteiger partial charge in [-0.2, -0.15) is 10.4 Å². The molecule has 0 amide bonds. The van der Waals surface area contributed by atoms with Crippen LogP contribution in [0.3, 0.4) is 0 Å². The number of aromatic nitrogens is 2. The number of β-amino-alcohol motifs (C(OH)–C–C–N with tert-alkyl or cyclic N) is 1. The minimum absolute atomic E-state index is 0.134. The molecule has 0 aliphatic carbocycles. The molecule has 0 saturated carbocycles. The number of halogens is 1. The van der Waals surface area contributed by atoms with Crippen LogP contribution in [0.1, 0.15) is 12.0 Å². The highest BCUT2D eigenvalue weighted by Crippen LogP contribution is 2.29. The van der Waals surface area contributed by atoms with Gasteiger partial charge in [0.15, 0.2) is 0 Å². The van der Waals surface area contributed by atoms with Crippen molar-refractivity contribution in [2.45, 2.75) is 18.6 Å².